The van der Waals surface area contributed by atoms with Crippen molar-refractivity contribution in [2.45, 2.75) is 0 Å². The Kier molecular flexibility index (Phi) is 3.66. The third kappa shape index (κ3) is 2.38. The molecule has 0 aliphatic heterocycles. The van der Waals surface area contributed by atoms with Gasteiger partial charge in [0.15, 0.2) is 0 Å². The van der Waals surface area contributed by atoms with Crippen molar-refractivity contribution in [1.29, 1.82) is 0 Å². The van der Waals surface area contributed by atoms with E-state index >= 15 is 0 Å². The van der Waals surface area contributed by atoms with Crippen LogP contribution in [-0.2, 0) is 0 Å². The van der Waals surface area contributed by atoms with Crippen LogP contribution in [0, 0.1) is 0 Å². The molecule has 0 fully saturated rings. The number of aromatic nitrogens is 2. The lowest BCUT2D eigenvalue weighted by molar-refractivity contribution is 0.386. The van der Waals surface area contributed by atoms with Crippen LogP contribution in [0.1, 0.15) is 0 Å². The third-order valence-electron chi connectivity index (χ3n) is 2.37. The fraction of sp³-hybridized carbons (Fsp3) is 0.167. The molecule has 0 spiro atoms. The molecule has 0 atom stereocenters. The van der Waals surface area contributed by atoms with Gasteiger partial charge in [-0.05, 0) is 34.1 Å². The molecule has 0 saturated heterocycles. The van der Waals surface area contributed by atoms with Gasteiger partial charge in [0, 0.05) is 16.6 Å². The second kappa shape index (κ2) is 5.22. The highest BCUT2D eigenvalue weighted by atomic mass is 79.9. The number of halogens is 1. The van der Waals surface area contributed by atoms with Crippen molar-refractivity contribution in [3.8, 4) is 17.3 Å². The van der Waals surface area contributed by atoms with Gasteiger partial charge in [0.25, 0.3) is 5.56 Å². The zero-order valence-electron chi connectivity index (χ0n) is 9.88. The molecule has 0 N–H and O–H groups in total. The fourth-order valence-corrected chi connectivity index (χ4v) is 1.99. The normalized spacial score (nSPS) is 10.2. The van der Waals surface area contributed by atoms with E-state index in [1.807, 2.05) is 0 Å². The number of hydrogen-bond acceptors (Lipinski definition) is 4. The van der Waals surface area contributed by atoms with Crippen molar-refractivity contribution >= 4 is 15.9 Å². The summed E-state index contributed by atoms with van der Waals surface area (Å²) in [4.78, 5) is 11.8. The topological polar surface area (TPSA) is 53.4 Å². The summed E-state index contributed by atoms with van der Waals surface area (Å²) in [5.74, 6) is 1.07. The van der Waals surface area contributed by atoms with Gasteiger partial charge in [0.05, 0.1) is 19.9 Å². The number of nitrogens with zero attached hydrogens (tertiary/aromatic N) is 2. The minimum atomic E-state index is -0.235. The van der Waals surface area contributed by atoms with Crippen LogP contribution in [0.2, 0.25) is 0 Å². The highest BCUT2D eigenvalue weighted by Gasteiger charge is 2.08. The van der Waals surface area contributed by atoms with E-state index in [0.717, 1.165) is 0 Å². The van der Waals surface area contributed by atoms with E-state index in [9.17, 15) is 4.79 Å². The Balaban J connectivity index is 2.58. The van der Waals surface area contributed by atoms with Gasteiger partial charge in [0.2, 0.25) is 5.88 Å². The van der Waals surface area contributed by atoms with Gasteiger partial charge in [-0.3, -0.25) is 4.79 Å². The monoisotopic (exact) mass is 310 g/mol. The van der Waals surface area contributed by atoms with E-state index in [-0.39, 0.29) is 5.56 Å². The quantitative estimate of drug-likeness (QED) is 0.870. The van der Waals surface area contributed by atoms with Gasteiger partial charge in [-0.1, -0.05) is 0 Å². The summed E-state index contributed by atoms with van der Waals surface area (Å²) in [5.41, 5.74) is 0.390. The molecule has 0 bridgehead atoms. The molecule has 6 heteroatoms. The molecule has 5 nitrogen and oxygen atoms in total. The van der Waals surface area contributed by atoms with E-state index in [2.05, 4.69) is 21.0 Å². The van der Waals surface area contributed by atoms with E-state index < -0.39 is 0 Å². The zero-order valence-corrected chi connectivity index (χ0v) is 11.5. The maximum Gasteiger partial charge on any atom is 0.271 e. The molecule has 0 unspecified atom stereocenters. The predicted octanol–water partition coefficient (Wildman–Crippen LogP) is 2.01. The van der Waals surface area contributed by atoms with Gasteiger partial charge in [-0.2, -0.15) is 4.68 Å². The predicted molar refractivity (Wildman–Crippen MR) is 70.6 cm³/mol. The van der Waals surface area contributed by atoms with Gasteiger partial charge >= 0.3 is 0 Å². The summed E-state index contributed by atoms with van der Waals surface area (Å²) < 4.78 is 12.1. The molecule has 0 radical (unpaired) electrons. The standard InChI is InChI=1S/C12H11BrN2O3/c1-17-8-3-4-10(9(13)7-8)15-12(16)6-5-11(14-15)18-2/h3-7H,1-2H3. The van der Waals surface area contributed by atoms with E-state index in [4.69, 9.17) is 9.47 Å². The second-order valence-electron chi connectivity index (χ2n) is 3.44. The smallest absolute Gasteiger partial charge is 0.271 e. The first kappa shape index (κ1) is 12.6. The highest BCUT2D eigenvalue weighted by molar-refractivity contribution is 9.10. The van der Waals surface area contributed by atoms with Crippen LogP contribution in [0.4, 0.5) is 0 Å². The second-order valence-corrected chi connectivity index (χ2v) is 4.30. The largest absolute Gasteiger partial charge is 0.497 e. The number of ether oxygens (including phenoxy) is 2. The highest BCUT2D eigenvalue weighted by Crippen LogP contribution is 2.24. The Labute approximate surface area is 112 Å². The van der Waals surface area contributed by atoms with Crippen molar-refractivity contribution in [1.82, 2.24) is 9.78 Å². The lowest BCUT2D eigenvalue weighted by Crippen LogP contribution is -2.20. The summed E-state index contributed by atoms with van der Waals surface area (Å²) in [5, 5.41) is 4.09. The number of rotatable bonds is 3. The first-order chi connectivity index (χ1) is 8.65. The van der Waals surface area contributed by atoms with Crippen LogP contribution in [-0.4, -0.2) is 24.0 Å². The lowest BCUT2D eigenvalue weighted by atomic mass is 10.3. The summed E-state index contributed by atoms with van der Waals surface area (Å²) in [7, 11) is 3.08. The molecule has 0 aliphatic carbocycles. The van der Waals surface area contributed by atoms with E-state index in [1.54, 1.807) is 25.3 Å². The molecule has 2 aromatic rings. The molecule has 94 valence electrons. The molecule has 1 heterocycles. The molecular formula is C12H11BrN2O3. The molecule has 0 aliphatic rings. The van der Waals surface area contributed by atoms with Crippen molar-refractivity contribution in [2.24, 2.45) is 0 Å². The minimum absolute atomic E-state index is 0.235. The Morgan fingerprint density at radius 1 is 1.17 bits per heavy atom. The number of benzene rings is 1. The first-order valence-corrected chi connectivity index (χ1v) is 5.93. The molecule has 0 saturated carbocycles. The summed E-state index contributed by atoms with van der Waals surface area (Å²) in [6.07, 6.45) is 0. The number of hydrogen-bond donors (Lipinski definition) is 0. The molecular weight excluding hydrogens is 300 g/mol. The molecule has 18 heavy (non-hydrogen) atoms. The maximum atomic E-state index is 11.8. The molecule has 1 aromatic carbocycles. The summed E-state index contributed by atoms with van der Waals surface area (Å²) in [6.45, 7) is 0. The summed E-state index contributed by atoms with van der Waals surface area (Å²) in [6, 6.07) is 8.20. The maximum absolute atomic E-state index is 11.8. The van der Waals surface area contributed by atoms with Gasteiger partial charge < -0.3 is 9.47 Å². The van der Waals surface area contributed by atoms with Crippen LogP contribution in [0.25, 0.3) is 5.69 Å². The lowest BCUT2D eigenvalue weighted by Gasteiger charge is -2.09. The number of methoxy groups -OCH3 is 2. The van der Waals surface area contributed by atoms with Crippen LogP contribution in [0.15, 0.2) is 39.6 Å². The molecule has 0 amide bonds. The van der Waals surface area contributed by atoms with Crippen molar-refractivity contribution in [3.05, 3.63) is 45.2 Å². The van der Waals surface area contributed by atoms with E-state index in [0.29, 0.717) is 21.8 Å². The van der Waals surface area contributed by atoms with Gasteiger partial charge in [-0.15, -0.1) is 5.10 Å². The zero-order chi connectivity index (χ0) is 13.1. The third-order valence-corrected chi connectivity index (χ3v) is 3.00. The van der Waals surface area contributed by atoms with Crippen LogP contribution < -0.4 is 15.0 Å². The van der Waals surface area contributed by atoms with E-state index in [1.165, 1.54) is 23.9 Å². The Morgan fingerprint density at radius 3 is 2.56 bits per heavy atom. The fourth-order valence-electron chi connectivity index (χ4n) is 1.46. The SMILES string of the molecule is COc1ccc(-n2nc(OC)ccc2=O)c(Br)c1. The van der Waals surface area contributed by atoms with Crippen molar-refractivity contribution in [2.75, 3.05) is 14.2 Å². The Hall–Kier alpha value is -1.82. The average molecular weight is 311 g/mol. The van der Waals surface area contributed by atoms with Gasteiger partial charge in [0.1, 0.15) is 5.75 Å². The summed E-state index contributed by atoms with van der Waals surface area (Å²) >= 11 is 3.38. The first-order valence-electron chi connectivity index (χ1n) is 5.14. The Bertz CT molecular complexity index is 625. The minimum Gasteiger partial charge on any atom is -0.497 e. The molecule has 2 rings (SSSR count). The van der Waals surface area contributed by atoms with Crippen LogP contribution >= 0.6 is 15.9 Å². The van der Waals surface area contributed by atoms with Crippen LogP contribution in [0.5, 0.6) is 11.6 Å². The van der Waals surface area contributed by atoms with Crippen molar-refractivity contribution < 1.29 is 9.47 Å². The Morgan fingerprint density at radius 2 is 1.94 bits per heavy atom. The molecule has 1 aromatic heterocycles. The van der Waals surface area contributed by atoms with Gasteiger partial charge in [-0.25, -0.2) is 0 Å². The average Bonchev–Trinajstić information content (AvgIpc) is 2.39. The van der Waals surface area contributed by atoms with Crippen molar-refractivity contribution in [3.63, 3.8) is 0 Å². The van der Waals surface area contributed by atoms with Crippen LogP contribution in [0.3, 0.4) is 0 Å².